The second-order valence-corrected chi connectivity index (χ2v) is 6.14. The normalized spacial score (nSPS) is 16.6. The van der Waals surface area contributed by atoms with Crippen LogP contribution in [0.15, 0.2) is 47.2 Å². The van der Waals surface area contributed by atoms with E-state index in [1.165, 1.54) is 0 Å². The van der Waals surface area contributed by atoms with Gasteiger partial charge < -0.3 is 18.9 Å². The van der Waals surface area contributed by atoms with Gasteiger partial charge in [-0.3, -0.25) is 9.78 Å². The zero-order chi connectivity index (χ0) is 18.8. The Hall–Kier alpha value is -3.42. The molecule has 0 bridgehead atoms. The summed E-state index contributed by atoms with van der Waals surface area (Å²) in [7, 11) is 3.15. The maximum Gasteiger partial charge on any atom is 0.232 e. The summed E-state index contributed by atoms with van der Waals surface area (Å²) in [6, 6.07) is 9.03. The Labute approximate surface area is 155 Å². The van der Waals surface area contributed by atoms with Gasteiger partial charge >= 0.3 is 0 Å². The lowest BCUT2D eigenvalue weighted by Gasteiger charge is -2.19. The molecule has 8 heteroatoms. The second-order valence-electron chi connectivity index (χ2n) is 6.14. The molecule has 1 atom stereocenters. The highest BCUT2D eigenvalue weighted by atomic mass is 16.5. The maximum absolute atomic E-state index is 12.6. The van der Waals surface area contributed by atoms with Crippen molar-refractivity contribution in [3.63, 3.8) is 0 Å². The molecule has 2 aromatic heterocycles. The molecule has 0 saturated carbocycles. The van der Waals surface area contributed by atoms with Crippen LogP contribution in [0.4, 0.5) is 5.69 Å². The molecule has 3 heterocycles. The van der Waals surface area contributed by atoms with E-state index in [4.69, 9.17) is 14.0 Å². The zero-order valence-corrected chi connectivity index (χ0v) is 15.0. The Kier molecular flexibility index (Phi) is 4.45. The molecular formula is C19H18N4O4. The molecule has 0 aliphatic carbocycles. The number of amides is 1. The van der Waals surface area contributed by atoms with E-state index in [1.54, 1.807) is 43.6 Å². The number of carbonyl (C=O) groups is 1. The van der Waals surface area contributed by atoms with Crippen LogP contribution >= 0.6 is 0 Å². The fourth-order valence-corrected chi connectivity index (χ4v) is 3.13. The number of nitrogens with zero attached hydrogens (tertiary/aromatic N) is 4. The quantitative estimate of drug-likeness (QED) is 0.685. The minimum Gasteiger partial charge on any atom is -0.497 e. The average molecular weight is 366 g/mol. The van der Waals surface area contributed by atoms with E-state index in [0.717, 1.165) is 5.56 Å². The van der Waals surface area contributed by atoms with Crippen molar-refractivity contribution < 1.29 is 18.8 Å². The van der Waals surface area contributed by atoms with Crippen LogP contribution in [-0.2, 0) is 4.79 Å². The third kappa shape index (κ3) is 3.21. The third-order valence-corrected chi connectivity index (χ3v) is 4.51. The molecule has 27 heavy (non-hydrogen) atoms. The van der Waals surface area contributed by atoms with Gasteiger partial charge in [-0.2, -0.15) is 4.98 Å². The number of aromatic nitrogens is 3. The first kappa shape index (κ1) is 17.0. The van der Waals surface area contributed by atoms with Gasteiger partial charge in [0, 0.05) is 37.0 Å². The van der Waals surface area contributed by atoms with E-state index in [1.807, 2.05) is 18.2 Å². The molecule has 1 aliphatic rings. The minimum absolute atomic E-state index is 0.0235. The summed E-state index contributed by atoms with van der Waals surface area (Å²) in [4.78, 5) is 22.8. The van der Waals surface area contributed by atoms with Crippen LogP contribution in [0.25, 0.3) is 11.4 Å². The first-order chi connectivity index (χ1) is 13.2. The molecule has 0 radical (unpaired) electrons. The number of ether oxygens (including phenoxy) is 2. The summed E-state index contributed by atoms with van der Waals surface area (Å²) in [5.41, 5.74) is 1.46. The Balaban J connectivity index is 1.57. The van der Waals surface area contributed by atoms with Gasteiger partial charge in [0.15, 0.2) is 0 Å². The second kappa shape index (κ2) is 7.06. The van der Waals surface area contributed by atoms with Crippen molar-refractivity contribution in [2.75, 3.05) is 25.7 Å². The van der Waals surface area contributed by atoms with Gasteiger partial charge in [-0.25, -0.2) is 0 Å². The van der Waals surface area contributed by atoms with Crippen LogP contribution in [0, 0.1) is 0 Å². The van der Waals surface area contributed by atoms with Crippen molar-refractivity contribution in [2.24, 2.45) is 0 Å². The summed E-state index contributed by atoms with van der Waals surface area (Å²) >= 11 is 0. The molecule has 138 valence electrons. The monoisotopic (exact) mass is 366 g/mol. The fraction of sp³-hybridized carbons (Fsp3) is 0.263. The van der Waals surface area contributed by atoms with Crippen LogP contribution < -0.4 is 14.4 Å². The molecule has 1 saturated heterocycles. The van der Waals surface area contributed by atoms with Gasteiger partial charge in [-0.05, 0) is 24.3 Å². The fourth-order valence-electron chi connectivity index (χ4n) is 3.13. The molecule has 1 fully saturated rings. The molecule has 4 rings (SSSR count). The number of rotatable bonds is 5. The van der Waals surface area contributed by atoms with E-state index in [-0.39, 0.29) is 11.8 Å². The van der Waals surface area contributed by atoms with Crippen molar-refractivity contribution >= 4 is 11.6 Å². The van der Waals surface area contributed by atoms with Crippen molar-refractivity contribution in [2.45, 2.75) is 12.3 Å². The molecule has 1 unspecified atom stereocenters. The molecule has 0 N–H and O–H groups in total. The molecule has 8 nitrogen and oxygen atoms in total. The van der Waals surface area contributed by atoms with Crippen LogP contribution in [0.2, 0.25) is 0 Å². The first-order valence-corrected chi connectivity index (χ1v) is 8.46. The number of methoxy groups -OCH3 is 2. The summed E-state index contributed by atoms with van der Waals surface area (Å²) in [6.07, 6.45) is 3.65. The number of pyridine rings is 1. The van der Waals surface area contributed by atoms with E-state index in [0.29, 0.717) is 41.9 Å². The van der Waals surface area contributed by atoms with Crippen molar-refractivity contribution in [3.05, 3.63) is 48.6 Å². The summed E-state index contributed by atoms with van der Waals surface area (Å²) < 4.78 is 16.0. The van der Waals surface area contributed by atoms with E-state index >= 15 is 0 Å². The Morgan fingerprint density at radius 2 is 2.11 bits per heavy atom. The lowest BCUT2D eigenvalue weighted by molar-refractivity contribution is -0.117. The molecule has 0 spiro atoms. The van der Waals surface area contributed by atoms with Crippen LogP contribution in [0.3, 0.4) is 0 Å². The minimum atomic E-state index is -0.178. The number of benzene rings is 1. The number of hydrogen-bond donors (Lipinski definition) is 0. The van der Waals surface area contributed by atoms with Gasteiger partial charge in [-0.15, -0.1) is 0 Å². The smallest absolute Gasteiger partial charge is 0.232 e. The molecule has 1 aromatic carbocycles. The highest BCUT2D eigenvalue weighted by molar-refractivity contribution is 5.97. The SMILES string of the molecule is COc1ccc(N2CC(c3nc(-c4cccnc4)no3)CC2=O)c(OC)c1. The predicted molar refractivity (Wildman–Crippen MR) is 96.8 cm³/mol. The van der Waals surface area contributed by atoms with Crippen molar-refractivity contribution in [3.8, 4) is 22.9 Å². The predicted octanol–water partition coefficient (Wildman–Crippen LogP) is 2.67. The summed E-state index contributed by atoms with van der Waals surface area (Å²) in [5, 5.41) is 4.01. The van der Waals surface area contributed by atoms with Gasteiger partial charge in [0.1, 0.15) is 11.5 Å². The van der Waals surface area contributed by atoms with Gasteiger partial charge in [-0.1, -0.05) is 5.16 Å². The van der Waals surface area contributed by atoms with Crippen molar-refractivity contribution in [1.29, 1.82) is 0 Å². The Bertz CT molecular complexity index is 957. The third-order valence-electron chi connectivity index (χ3n) is 4.51. The van der Waals surface area contributed by atoms with Gasteiger partial charge in [0.05, 0.1) is 25.8 Å². The summed E-state index contributed by atoms with van der Waals surface area (Å²) in [5.74, 6) is 1.94. The van der Waals surface area contributed by atoms with Crippen LogP contribution in [0.1, 0.15) is 18.2 Å². The Morgan fingerprint density at radius 3 is 2.85 bits per heavy atom. The first-order valence-electron chi connectivity index (χ1n) is 8.46. The zero-order valence-electron chi connectivity index (χ0n) is 15.0. The number of anilines is 1. The lowest BCUT2D eigenvalue weighted by atomic mass is 10.1. The largest absolute Gasteiger partial charge is 0.497 e. The van der Waals surface area contributed by atoms with Crippen molar-refractivity contribution in [1.82, 2.24) is 15.1 Å². The van der Waals surface area contributed by atoms with Crippen LogP contribution in [0.5, 0.6) is 11.5 Å². The molecular weight excluding hydrogens is 348 g/mol. The van der Waals surface area contributed by atoms with E-state index in [2.05, 4.69) is 15.1 Å². The van der Waals surface area contributed by atoms with Crippen LogP contribution in [-0.4, -0.2) is 41.8 Å². The van der Waals surface area contributed by atoms with E-state index < -0.39 is 0 Å². The topological polar surface area (TPSA) is 90.6 Å². The highest BCUT2D eigenvalue weighted by Crippen LogP contribution is 2.38. The standard InChI is InChI=1S/C19H18N4O4/c1-25-14-5-6-15(16(9-14)26-2)23-11-13(8-17(23)24)19-21-18(22-27-19)12-4-3-7-20-10-12/h3-7,9-10,13H,8,11H2,1-2H3. The number of carbonyl (C=O) groups excluding carboxylic acids is 1. The molecule has 3 aromatic rings. The summed E-state index contributed by atoms with van der Waals surface area (Å²) in [6.45, 7) is 0.441. The Morgan fingerprint density at radius 1 is 1.22 bits per heavy atom. The lowest BCUT2D eigenvalue weighted by Crippen LogP contribution is -2.24. The number of hydrogen-bond acceptors (Lipinski definition) is 7. The van der Waals surface area contributed by atoms with Gasteiger partial charge in [0.2, 0.25) is 17.6 Å². The van der Waals surface area contributed by atoms with E-state index in [9.17, 15) is 4.79 Å². The molecule has 1 aliphatic heterocycles. The van der Waals surface area contributed by atoms with Gasteiger partial charge in [0.25, 0.3) is 0 Å². The maximum atomic E-state index is 12.6. The highest BCUT2D eigenvalue weighted by Gasteiger charge is 2.36. The molecule has 1 amide bonds. The average Bonchev–Trinajstić information content (AvgIpc) is 3.35.